The number of amides is 1. The summed E-state index contributed by atoms with van der Waals surface area (Å²) in [6.45, 7) is 0.795. The normalized spacial score (nSPS) is 14.4. The first-order valence-electron chi connectivity index (χ1n) is 8.99. The van der Waals surface area contributed by atoms with Crippen molar-refractivity contribution in [2.24, 2.45) is 5.92 Å². The van der Waals surface area contributed by atoms with E-state index in [1.165, 1.54) is 0 Å². The first-order chi connectivity index (χ1) is 12.7. The van der Waals surface area contributed by atoms with Gasteiger partial charge in [-0.1, -0.05) is 18.0 Å². The fraction of sp³-hybridized carbons (Fsp3) is 0.526. The molecular formula is C19H25N3O4. The van der Waals surface area contributed by atoms with Gasteiger partial charge in [0.2, 0.25) is 5.91 Å². The van der Waals surface area contributed by atoms with Gasteiger partial charge in [-0.05, 0) is 37.1 Å². The third kappa shape index (κ3) is 4.74. The zero-order chi connectivity index (χ0) is 18.4. The van der Waals surface area contributed by atoms with Gasteiger partial charge in [0.1, 0.15) is 11.5 Å². The summed E-state index contributed by atoms with van der Waals surface area (Å²) in [4.78, 5) is 18.4. The molecule has 0 unspecified atom stereocenters. The number of rotatable bonds is 8. The number of benzene rings is 1. The minimum atomic E-state index is 0.193. The molecule has 1 saturated carbocycles. The Balaban J connectivity index is 1.44. The lowest BCUT2D eigenvalue weighted by Gasteiger charge is -2.20. The van der Waals surface area contributed by atoms with Crippen molar-refractivity contribution < 1.29 is 18.8 Å². The van der Waals surface area contributed by atoms with Gasteiger partial charge >= 0.3 is 0 Å². The zero-order valence-corrected chi connectivity index (χ0v) is 15.3. The summed E-state index contributed by atoms with van der Waals surface area (Å²) in [6.07, 6.45) is 4.91. The molecule has 2 aromatic rings. The predicted molar refractivity (Wildman–Crippen MR) is 94.9 cm³/mol. The topological polar surface area (TPSA) is 77.7 Å². The first kappa shape index (κ1) is 18.2. The smallest absolute Gasteiger partial charge is 0.264 e. The molecule has 1 aliphatic rings. The van der Waals surface area contributed by atoms with Gasteiger partial charge in [-0.3, -0.25) is 4.79 Å². The first-order valence-corrected chi connectivity index (χ1v) is 8.99. The Bertz CT molecular complexity index is 708. The van der Waals surface area contributed by atoms with E-state index in [2.05, 4.69) is 10.1 Å². The van der Waals surface area contributed by atoms with Crippen molar-refractivity contribution >= 4 is 5.91 Å². The van der Waals surface area contributed by atoms with Crippen molar-refractivity contribution in [2.45, 2.75) is 38.7 Å². The number of hydrogen-bond donors (Lipinski definition) is 0. The average molecular weight is 359 g/mol. The van der Waals surface area contributed by atoms with Crippen LogP contribution >= 0.6 is 0 Å². The summed E-state index contributed by atoms with van der Waals surface area (Å²) in [5.74, 6) is 2.90. The Morgan fingerprint density at radius 2 is 1.92 bits per heavy atom. The van der Waals surface area contributed by atoms with Gasteiger partial charge in [0, 0.05) is 25.9 Å². The molecule has 0 N–H and O–H groups in total. The van der Waals surface area contributed by atoms with Gasteiger partial charge in [0.25, 0.3) is 5.89 Å². The number of ether oxygens (including phenoxy) is 2. The van der Waals surface area contributed by atoms with Gasteiger partial charge in [-0.2, -0.15) is 4.98 Å². The molecule has 140 valence electrons. The molecule has 0 radical (unpaired) electrons. The molecule has 26 heavy (non-hydrogen) atoms. The van der Waals surface area contributed by atoms with Crippen LogP contribution in [0.25, 0.3) is 0 Å². The van der Waals surface area contributed by atoms with Crippen LogP contribution in [0.2, 0.25) is 0 Å². The Labute approximate surface area is 153 Å². The summed E-state index contributed by atoms with van der Waals surface area (Å²) in [5, 5.41) is 3.96. The molecule has 1 aromatic heterocycles. The molecule has 0 atom stereocenters. The van der Waals surface area contributed by atoms with E-state index < -0.39 is 0 Å². The Hall–Kier alpha value is -2.57. The molecule has 0 aliphatic heterocycles. The summed E-state index contributed by atoms with van der Waals surface area (Å²) < 4.78 is 15.9. The summed E-state index contributed by atoms with van der Waals surface area (Å²) in [5.41, 5.74) is 0. The summed E-state index contributed by atoms with van der Waals surface area (Å²) >= 11 is 0. The molecule has 1 aromatic carbocycles. The van der Waals surface area contributed by atoms with Crippen molar-refractivity contribution in [2.75, 3.05) is 20.7 Å². The third-order valence-corrected chi connectivity index (χ3v) is 4.68. The van der Waals surface area contributed by atoms with Crippen molar-refractivity contribution in [3.63, 3.8) is 0 Å². The van der Waals surface area contributed by atoms with Gasteiger partial charge < -0.3 is 18.9 Å². The lowest BCUT2D eigenvalue weighted by Crippen LogP contribution is -2.33. The van der Waals surface area contributed by atoms with E-state index in [4.69, 9.17) is 14.0 Å². The van der Waals surface area contributed by atoms with Gasteiger partial charge in [0.05, 0.1) is 7.11 Å². The molecule has 1 aliphatic carbocycles. The molecule has 0 spiro atoms. The lowest BCUT2D eigenvalue weighted by atomic mass is 10.1. The van der Waals surface area contributed by atoms with Crippen molar-refractivity contribution in [1.29, 1.82) is 0 Å². The average Bonchev–Trinajstić information content (AvgIpc) is 3.36. The highest BCUT2D eigenvalue weighted by atomic mass is 16.5. The molecular weight excluding hydrogens is 334 g/mol. The highest BCUT2D eigenvalue weighted by molar-refractivity contribution is 5.78. The lowest BCUT2D eigenvalue weighted by molar-refractivity contribution is -0.133. The van der Waals surface area contributed by atoms with Crippen LogP contribution in [0, 0.1) is 5.92 Å². The maximum absolute atomic E-state index is 12.3. The van der Waals surface area contributed by atoms with Crippen LogP contribution in [0.5, 0.6) is 11.5 Å². The highest BCUT2D eigenvalue weighted by Crippen LogP contribution is 2.26. The molecule has 1 amide bonds. The van der Waals surface area contributed by atoms with Crippen molar-refractivity contribution in [3.8, 4) is 11.5 Å². The van der Waals surface area contributed by atoms with E-state index in [0.717, 1.165) is 31.4 Å². The third-order valence-electron chi connectivity index (χ3n) is 4.68. The number of carbonyl (C=O) groups excluding carboxylic acids is 1. The van der Waals surface area contributed by atoms with Crippen LogP contribution in [0.1, 0.15) is 37.4 Å². The number of carbonyl (C=O) groups is 1. The molecule has 1 fully saturated rings. The number of nitrogens with zero attached hydrogens (tertiary/aromatic N) is 3. The number of methoxy groups -OCH3 is 1. The van der Waals surface area contributed by atoms with Crippen LogP contribution in [0.15, 0.2) is 28.8 Å². The SMILES string of the molecule is COc1ccc(OCc2nc(CCN(C)C(=O)C3CCCC3)no2)cc1. The van der Waals surface area contributed by atoms with Gasteiger partial charge in [0.15, 0.2) is 12.4 Å². The fourth-order valence-electron chi connectivity index (χ4n) is 3.13. The van der Waals surface area contributed by atoms with E-state index in [1.807, 2.05) is 31.3 Å². The summed E-state index contributed by atoms with van der Waals surface area (Å²) in [6, 6.07) is 7.29. The van der Waals surface area contributed by atoms with E-state index in [-0.39, 0.29) is 18.4 Å². The maximum Gasteiger partial charge on any atom is 0.264 e. The van der Waals surface area contributed by atoms with E-state index in [0.29, 0.717) is 30.4 Å². The van der Waals surface area contributed by atoms with Crippen LogP contribution in [-0.4, -0.2) is 41.6 Å². The molecule has 0 saturated heterocycles. The molecule has 0 bridgehead atoms. The molecule has 1 heterocycles. The predicted octanol–water partition coefficient (Wildman–Crippen LogP) is 2.85. The van der Waals surface area contributed by atoms with Crippen LogP contribution in [-0.2, 0) is 17.8 Å². The van der Waals surface area contributed by atoms with E-state index in [9.17, 15) is 4.79 Å². The second kappa shape index (κ2) is 8.69. The molecule has 7 heteroatoms. The largest absolute Gasteiger partial charge is 0.497 e. The van der Waals surface area contributed by atoms with E-state index in [1.54, 1.807) is 12.0 Å². The maximum atomic E-state index is 12.3. The Kier molecular flexibility index (Phi) is 6.09. The van der Waals surface area contributed by atoms with Crippen molar-refractivity contribution in [1.82, 2.24) is 15.0 Å². The molecule has 3 rings (SSSR count). The van der Waals surface area contributed by atoms with Crippen LogP contribution in [0.3, 0.4) is 0 Å². The minimum absolute atomic E-state index is 0.193. The standard InChI is InChI=1S/C19H25N3O4/c1-22(19(23)14-5-3-4-6-14)12-11-17-20-18(26-21-17)13-25-16-9-7-15(24-2)8-10-16/h7-10,14H,3-6,11-13H2,1-2H3. The Morgan fingerprint density at radius 1 is 1.23 bits per heavy atom. The number of likely N-dealkylation sites (N-methyl/N-ethyl adjacent to an activating group) is 1. The number of hydrogen-bond acceptors (Lipinski definition) is 6. The Morgan fingerprint density at radius 3 is 2.62 bits per heavy atom. The fourth-order valence-corrected chi connectivity index (χ4v) is 3.13. The second-order valence-electron chi connectivity index (χ2n) is 6.56. The van der Waals surface area contributed by atoms with E-state index >= 15 is 0 Å². The summed E-state index contributed by atoms with van der Waals surface area (Å²) in [7, 11) is 3.46. The number of aromatic nitrogens is 2. The quantitative estimate of drug-likeness (QED) is 0.721. The van der Waals surface area contributed by atoms with Gasteiger partial charge in [-0.25, -0.2) is 0 Å². The van der Waals surface area contributed by atoms with Crippen LogP contribution < -0.4 is 9.47 Å². The monoisotopic (exact) mass is 359 g/mol. The minimum Gasteiger partial charge on any atom is -0.497 e. The van der Waals surface area contributed by atoms with Crippen LogP contribution in [0.4, 0.5) is 0 Å². The zero-order valence-electron chi connectivity index (χ0n) is 15.3. The molecule has 7 nitrogen and oxygen atoms in total. The van der Waals surface area contributed by atoms with Crippen molar-refractivity contribution in [3.05, 3.63) is 36.0 Å². The second-order valence-corrected chi connectivity index (χ2v) is 6.56. The van der Waals surface area contributed by atoms with Gasteiger partial charge in [-0.15, -0.1) is 0 Å². The highest BCUT2D eigenvalue weighted by Gasteiger charge is 2.25.